The molecule has 1 N–H and O–H groups in total. The van der Waals surface area contributed by atoms with Crippen molar-refractivity contribution >= 4 is 12.1 Å². The molecule has 0 aromatic heterocycles. The molecule has 3 rings (SSSR count). The maximum atomic E-state index is 12.6. The largest absolute Gasteiger partial charge is 0.481 e. The van der Waals surface area contributed by atoms with E-state index in [2.05, 4.69) is 35.5 Å². The van der Waals surface area contributed by atoms with Gasteiger partial charge in [-0.3, -0.25) is 14.6 Å². The van der Waals surface area contributed by atoms with Crippen LogP contribution in [0.25, 0.3) is 0 Å². The fourth-order valence-corrected chi connectivity index (χ4v) is 4.60. The summed E-state index contributed by atoms with van der Waals surface area (Å²) in [6, 6.07) is 0.877. The smallest absolute Gasteiger partial charge is 0.412 e. The lowest BCUT2D eigenvalue weighted by Gasteiger charge is -2.41. The topological polar surface area (TPSA) is 76.6 Å². The summed E-state index contributed by atoms with van der Waals surface area (Å²) >= 11 is 0. The first-order valence-electron chi connectivity index (χ1n) is 10.3. The van der Waals surface area contributed by atoms with Gasteiger partial charge in [-0.1, -0.05) is 0 Å². The van der Waals surface area contributed by atoms with Gasteiger partial charge in [0, 0.05) is 57.9 Å². The average molecular weight is 383 g/mol. The number of hydrogen-bond donors (Lipinski definition) is 1. The molecular formula is C19H34N4O4. The Morgan fingerprint density at radius 3 is 2.33 bits per heavy atom. The average Bonchev–Trinajstić information content (AvgIpc) is 2.95. The van der Waals surface area contributed by atoms with Crippen molar-refractivity contribution in [3.8, 4) is 0 Å². The van der Waals surface area contributed by atoms with Crippen molar-refractivity contribution in [3.63, 3.8) is 0 Å². The van der Waals surface area contributed by atoms with Crippen LogP contribution in [0.3, 0.4) is 0 Å². The fraction of sp³-hybridized carbons (Fsp3) is 0.895. The lowest BCUT2D eigenvalue weighted by atomic mass is 10.0. The Kier molecular flexibility index (Phi) is 6.60. The number of likely N-dealkylation sites (tertiary alicyclic amines) is 1. The van der Waals surface area contributed by atoms with Crippen LogP contribution >= 0.6 is 0 Å². The Morgan fingerprint density at radius 1 is 1.15 bits per heavy atom. The molecule has 3 aliphatic rings. The molecule has 27 heavy (non-hydrogen) atoms. The third kappa shape index (κ3) is 4.73. The van der Waals surface area contributed by atoms with E-state index >= 15 is 0 Å². The van der Waals surface area contributed by atoms with Gasteiger partial charge in [-0.25, -0.2) is 4.79 Å². The molecule has 3 heterocycles. The van der Waals surface area contributed by atoms with Crippen LogP contribution in [-0.4, -0.2) is 107 Å². The van der Waals surface area contributed by atoms with Crippen molar-refractivity contribution in [3.05, 3.63) is 0 Å². The van der Waals surface area contributed by atoms with E-state index in [1.54, 1.807) is 0 Å². The molecule has 0 saturated carbocycles. The molecule has 154 valence electrons. The monoisotopic (exact) mass is 382 g/mol. The van der Waals surface area contributed by atoms with E-state index in [-0.39, 0.29) is 30.8 Å². The number of carboxylic acid groups (broad SMARTS) is 1. The van der Waals surface area contributed by atoms with Crippen LogP contribution in [0, 0.1) is 0 Å². The molecule has 1 amide bonds. The molecule has 3 saturated heterocycles. The van der Waals surface area contributed by atoms with Crippen LogP contribution in [0.2, 0.25) is 0 Å². The van der Waals surface area contributed by atoms with E-state index in [9.17, 15) is 9.59 Å². The maximum Gasteiger partial charge on any atom is 0.412 e. The maximum absolute atomic E-state index is 12.6. The van der Waals surface area contributed by atoms with E-state index in [1.807, 2.05) is 4.90 Å². The van der Waals surface area contributed by atoms with Gasteiger partial charge in [-0.2, -0.15) is 0 Å². The second kappa shape index (κ2) is 8.75. The summed E-state index contributed by atoms with van der Waals surface area (Å²) in [7, 11) is 0. The Morgan fingerprint density at radius 2 is 1.78 bits per heavy atom. The molecule has 0 aromatic carbocycles. The summed E-state index contributed by atoms with van der Waals surface area (Å²) in [5.74, 6) is -0.755. The Bertz CT molecular complexity index is 528. The Labute approximate surface area is 162 Å². The zero-order valence-corrected chi connectivity index (χ0v) is 16.8. The third-order valence-electron chi connectivity index (χ3n) is 6.32. The highest BCUT2D eigenvalue weighted by molar-refractivity contribution is 5.71. The molecular weight excluding hydrogens is 348 g/mol. The quantitative estimate of drug-likeness (QED) is 0.738. The first kappa shape index (κ1) is 20.4. The van der Waals surface area contributed by atoms with Crippen molar-refractivity contribution in [2.75, 3.05) is 45.8 Å². The molecule has 2 atom stereocenters. The van der Waals surface area contributed by atoms with Gasteiger partial charge in [0.2, 0.25) is 0 Å². The number of carbonyl (C=O) groups excluding carboxylic acids is 1. The van der Waals surface area contributed by atoms with E-state index < -0.39 is 5.97 Å². The minimum Gasteiger partial charge on any atom is -0.481 e. The van der Waals surface area contributed by atoms with Gasteiger partial charge >= 0.3 is 12.1 Å². The van der Waals surface area contributed by atoms with Gasteiger partial charge in [0.1, 0.15) is 0 Å². The summed E-state index contributed by atoms with van der Waals surface area (Å²) in [5, 5.41) is 8.83. The van der Waals surface area contributed by atoms with Crippen LogP contribution in [0.4, 0.5) is 4.79 Å². The summed E-state index contributed by atoms with van der Waals surface area (Å²) < 4.78 is 5.77. The first-order chi connectivity index (χ1) is 12.9. The van der Waals surface area contributed by atoms with Gasteiger partial charge in [0.15, 0.2) is 6.23 Å². The molecule has 3 fully saturated rings. The molecule has 3 aliphatic heterocycles. The second-order valence-electron chi connectivity index (χ2n) is 8.30. The van der Waals surface area contributed by atoms with E-state index in [0.29, 0.717) is 12.6 Å². The van der Waals surface area contributed by atoms with Crippen LogP contribution < -0.4 is 0 Å². The van der Waals surface area contributed by atoms with Crippen LogP contribution in [0.5, 0.6) is 0 Å². The fourth-order valence-electron chi connectivity index (χ4n) is 4.60. The number of cyclic esters (lactones) is 1. The van der Waals surface area contributed by atoms with E-state index in [0.717, 1.165) is 52.1 Å². The number of aliphatic carboxylic acids is 1. The van der Waals surface area contributed by atoms with E-state index in [1.165, 1.54) is 0 Å². The summed E-state index contributed by atoms with van der Waals surface area (Å²) in [4.78, 5) is 32.2. The third-order valence-corrected chi connectivity index (χ3v) is 6.32. The number of rotatable bonds is 6. The molecule has 8 heteroatoms. The Hall–Kier alpha value is -1.38. The normalized spacial score (nSPS) is 29.5. The van der Waals surface area contributed by atoms with Gasteiger partial charge < -0.3 is 19.6 Å². The number of ether oxygens (including phenoxy) is 1. The van der Waals surface area contributed by atoms with Crippen molar-refractivity contribution in [1.82, 2.24) is 19.6 Å². The summed E-state index contributed by atoms with van der Waals surface area (Å²) in [5.41, 5.74) is 0. The number of carbonyl (C=O) groups is 2. The van der Waals surface area contributed by atoms with Gasteiger partial charge in [-0.15, -0.1) is 0 Å². The van der Waals surface area contributed by atoms with Crippen molar-refractivity contribution in [2.45, 2.75) is 64.4 Å². The minimum atomic E-state index is -0.755. The molecule has 0 aromatic rings. The predicted molar refractivity (Wildman–Crippen MR) is 102 cm³/mol. The number of piperazine rings is 1. The standard InChI is InChI=1S/C19H34N4O4/c1-14(2)21-8-4-16(5-9-21)23-15(3)18(27-19(23)26)22-12-10-20(11-13-22)7-6-17(24)25/h14-16,18H,4-13H2,1-3H3,(H,24,25). The SMILES string of the molecule is CC(C)N1CCC(N2C(=O)OC(N3CCN(CCC(=O)O)CC3)C2C)CC1. The lowest BCUT2D eigenvalue weighted by molar-refractivity contribution is -0.137. The van der Waals surface area contributed by atoms with Crippen molar-refractivity contribution in [1.29, 1.82) is 0 Å². The van der Waals surface area contributed by atoms with Gasteiger partial charge in [0.25, 0.3) is 0 Å². The van der Waals surface area contributed by atoms with Gasteiger partial charge in [-0.05, 0) is 33.6 Å². The number of carboxylic acids is 1. The molecule has 8 nitrogen and oxygen atoms in total. The highest BCUT2D eigenvalue weighted by atomic mass is 16.6. The number of amides is 1. The van der Waals surface area contributed by atoms with Crippen molar-refractivity contribution < 1.29 is 19.4 Å². The van der Waals surface area contributed by atoms with Crippen LogP contribution in [0.15, 0.2) is 0 Å². The second-order valence-corrected chi connectivity index (χ2v) is 8.30. The highest BCUT2D eigenvalue weighted by Crippen LogP contribution is 2.29. The molecule has 0 spiro atoms. The lowest BCUT2D eigenvalue weighted by Crippen LogP contribution is -2.55. The minimum absolute atomic E-state index is 0.0543. The Balaban J connectivity index is 1.51. The highest BCUT2D eigenvalue weighted by Gasteiger charge is 2.46. The van der Waals surface area contributed by atoms with Crippen LogP contribution in [0.1, 0.15) is 40.0 Å². The first-order valence-corrected chi connectivity index (χ1v) is 10.3. The summed E-state index contributed by atoms with van der Waals surface area (Å²) in [6.07, 6.45) is 1.82. The number of hydrogen-bond acceptors (Lipinski definition) is 6. The number of piperidine rings is 1. The molecule has 0 bridgehead atoms. The van der Waals surface area contributed by atoms with E-state index in [4.69, 9.17) is 9.84 Å². The van der Waals surface area contributed by atoms with Gasteiger partial charge in [0.05, 0.1) is 12.5 Å². The van der Waals surface area contributed by atoms with Crippen LogP contribution in [-0.2, 0) is 9.53 Å². The van der Waals surface area contributed by atoms with Crippen molar-refractivity contribution in [2.24, 2.45) is 0 Å². The molecule has 2 unspecified atom stereocenters. The summed E-state index contributed by atoms with van der Waals surface area (Å²) in [6.45, 7) is 12.4. The molecule has 0 radical (unpaired) electrons. The zero-order valence-electron chi connectivity index (χ0n) is 16.8. The predicted octanol–water partition coefficient (Wildman–Crippen LogP) is 1.12. The number of nitrogens with zero attached hydrogens (tertiary/aromatic N) is 4. The zero-order chi connectivity index (χ0) is 19.6. The molecule has 0 aliphatic carbocycles.